The van der Waals surface area contributed by atoms with Crippen molar-refractivity contribution in [3.63, 3.8) is 0 Å². The van der Waals surface area contributed by atoms with Crippen LogP contribution in [0.2, 0.25) is 5.02 Å². The molecule has 1 aliphatic rings. The lowest BCUT2D eigenvalue weighted by Crippen LogP contribution is -2.19. The summed E-state index contributed by atoms with van der Waals surface area (Å²) in [6.07, 6.45) is 1.71. The number of hydrogen-bond donors (Lipinski definition) is 1. The number of nitrogens with zero attached hydrogens (tertiary/aromatic N) is 2. The van der Waals surface area contributed by atoms with Gasteiger partial charge in [0, 0.05) is 20.3 Å². The summed E-state index contributed by atoms with van der Waals surface area (Å²) in [7, 11) is 3.68. The van der Waals surface area contributed by atoms with Crippen LogP contribution < -0.4 is 10.2 Å². The smallest absolute Gasteiger partial charge is 0.274 e. The van der Waals surface area contributed by atoms with Crippen molar-refractivity contribution in [3.05, 3.63) is 41.1 Å². The van der Waals surface area contributed by atoms with E-state index < -0.39 is 0 Å². The fourth-order valence-corrected chi connectivity index (χ4v) is 1.77. The third-order valence-electron chi connectivity index (χ3n) is 2.44. The van der Waals surface area contributed by atoms with Crippen molar-refractivity contribution >= 4 is 23.2 Å². The van der Waals surface area contributed by atoms with Gasteiger partial charge in [0.15, 0.2) is 0 Å². The minimum absolute atomic E-state index is 0.183. The van der Waals surface area contributed by atoms with E-state index in [2.05, 4.69) is 10.5 Å². The predicted octanol–water partition coefficient (Wildman–Crippen LogP) is 1.65. The maximum Gasteiger partial charge on any atom is 0.274 e. The van der Waals surface area contributed by atoms with Gasteiger partial charge in [-0.15, -0.1) is 0 Å². The third-order valence-corrected chi connectivity index (χ3v) is 2.75. The van der Waals surface area contributed by atoms with E-state index in [0.717, 1.165) is 0 Å². The summed E-state index contributed by atoms with van der Waals surface area (Å²) in [6.45, 7) is 0.183. The van der Waals surface area contributed by atoms with Crippen molar-refractivity contribution in [1.82, 2.24) is 10.3 Å². The Morgan fingerprint density at radius 3 is 2.84 bits per heavy atom. The highest BCUT2D eigenvalue weighted by Gasteiger charge is 2.23. The number of nitrogens with one attached hydrogen (secondary N) is 1. The van der Waals surface area contributed by atoms with Crippen molar-refractivity contribution in [1.29, 1.82) is 0 Å². The zero-order chi connectivity index (χ0) is 13.8. The van der Waals surface area contributed by atoms with Crippen LogP contribution >= 0.6 is 11.6 Å². The lowest BCUT2D eigenvalue weighted by Gasteiger charge is -2.09. The number of rotatable bonds is 4. The van der Waals surface area contributed by atoms with Gasteiger partial charge in [0.2, 0.25) is 0 Å². The first-order valence-electron chi connectivity index (χ1n) is 5.71. The van der Waals surface area contributed by atoms with E-state index in [1.54, 1.807) is 23.2 Å². The first kappa shape index (κ1) is 13.4. The van der Waals surface area contributed by atoms with Crippen molar-refractivity contribution < 1.29 is 9.53 Å². The quantitative estimate of drug-likeness (QED) is 0.853. The number of halogens is 1. The second-order valence-corrected chi connectivity index (χ2v) is 4.63. The molecule has 1 N–H and O–H groups in total. The van der Waals surface area contributed by atoms with Gasteiger partial charge in [-0.25, -0.2) is 5.43 Å². The summed E-state index contributed by atoms with van der Waals surface area (Å²) in [5, 5.41) is 4.48. The van der Waals surface area contributed by atoms with Gasteiger partial charge in [-0.05, 0) is 12.1 Å². The number of benzene rings is 1. The second-order valence-electron chi connectivity index (χ2n) is 4.22. The van der Waals surface area contributed by atoms with E-state index in [1.165, 1.54) is 0 Å². The number of amides is 1. The molecule has 1 aromatic carbocycles. The number of para-hydroxylation sites is 1. The monoisotopic (exact) mass is 279 g/mol. The molecule has 0 aromatic heterocycles. The predicted molar refractivity (Wildman–Crippen MR) is 74.3 cm³/mol. The zero-order valence-corrected chi connectivity index (χ0v) is 11.4. The van der Waals surface area contributed by atoms with Crippen LogP contribution in [0, 0.1) is 0 Å². The number of carbonyl (C=O) groups is 1. The lowest BCUT2D eigenvalue weighted by atomic mass is 10.2. The molecule has 5 nitrogen and oxygen atoms in total. The first-order valence-corrected chi connectivity index (χ1v) is 6.08. The van der Waals surface area contributed by atoms with Crippen LogP contribution in [0.1, 0.15) is 0 Å². The van der Waals surface area contributed by atoms with E-state index in [-0.39, 0.29) is 12.5 Å². The largest absolute Gasteiger partial charge is 0.486 e. The van der Waals surface area contributed by atoms with E-state index in [4.69, 9.17) is 16.3 Å². The Labute approximate surface area is 116 Å². The standard InChI is InChI=1S/C13H14ClN3O2/c1-17(2)7-9-11(15-16-13(9)18)8-19-12-6-4-3-5-10(12)14/h3-7H,8H2,1-2H3,(H,16,18)/b9-7+. The molecule has 1 aromatic rings. The lowest BCUT2D eigenvalue weighted by molar-refractivity contribution is -0.116. The van der Waals surface area contributed by atoms with Gasteiger partial charge in [0.25, 0.3) is 5.91 Å². The number of hydrogen-bond acceptors (Lipinski definition) is 4. The molecule has 0 atom stereocenters. The van der Waals surface area contributed by atoms with E-state index in [9.17, 15) is 4.79 Å². The SMILES string of the molecule is CN(C)/C=C1/C(=O)NN=C1COc1ccccc1Cl. The Morgan fingerprint density at radius 2 is 2.16 bits per heavy atom. The number of carbonyl (C=O) groups excluding carboxylic acids is 1. The average Bonchev–Trinajstić information content (AvgIpc) is 2.70. The summed E-state index contributed by atoms with van der Waals surface area (Å²) in [5.74, 6) is 0.335. The van der Waals surface area contributed by atoms with Gasteiger partial charge in [-0.1, -0.05) is 23.7 Å². The van der Waals surface area contributed by atoms with E-state index in [1.807, 2.05) is 26.2 Å². The van der Waals surface area contributed by atoms with Crippen molar-refractivity contribution in [2.75, 3.05) is 20.7 Å². The maximum absolute atomic E-state index is 11.6. The van der Waals surface area contributed by atoms with Gasteiger partial charge in [-0.3, -0.25) is 4.79 Å². The zero-order valence-electron chi connectivity index (χ0n) is 10.7. The molecule has 0 saturated carbocycles. The highest BCUT2D eigenvalue weighted by molar-refractivity contribution is 6.32. The molecular formula is C13H14ClN3O2. The number of ether oxygens (including phenoxy) is 1. The average molecular weight is 280 g/mol. The van der Waals surface area contributed by atoms with Crippen LogP contribution in [-0.4, -0.2) is 37.2 Å². The first-order chi connectivity index (χ1) is 9.08. The van der Waals surface area contributed by atoms with Crippen molar-refractivity contribution in [2.24, 2.45) is 5.10 Å². The fourth-order valence-electron chi connectivity index (χ4n) is 1.58. The van der Waals surface area contributed by atoms with E-state index >= 15 is 0 Å². The van der Waals surface area contributed by atoms with Crippen molar-refractivity contribution in [2.45, 2.75) is 0 Å². The summed E-state index contributed by atoms with van der Waals surface area (Å²) in [5.41, 5.74) is 3.47. The summed E-state index contributed by atoms with van der Waals surface area (Å²) in [6, 6.07) is 7.16. The third kappa shape index (κ3) is 3.26. The number of hydrazone groups is 1. The molecular weight excluding hydrogens is 266 g/mol. The van der Waals surface area contributed by atoms with E-state index in [0.29, 0.717) is 22.1 Å². The van der Waals surface area contributed by atoms with Gasteiger partial charge in [0.05, 0.1) is 10.6 Å². The van der Waals surface area contributed by atoms with Gasteiger partial charge in [-0.2, -0.15) is 5.10 Å². The molecule has 2 rings (SSSR count). The Morgan fingerprint density at radius 1 is 1.42 bits per heavy atom. The van der Waals surface area contributed by atoms with Crippen LogP contribution in [0.15, 0.2) is 41.1 Å². The Hall–Kier alpha value is -2.01. The molecule has 0 spiro atoms. The van der Waals surface area contributed by atoms with Crippen molar-refractivity contribution in [3.8, 4) is 5.75 Å². The Kier molecular flexibility index (Phi) is 4.06. The molecule has 100 valence electrons. The molecule has 1 amide bonds. The molecule has 0 bridgehead atoms. The van der Waals surface area contributed by atoms with Crippen LogP contribution in [0.25, 0.3) is 0 Å². The van der Waals surface area contributed by atoms with Crippen LogP contribution in [0.3, 0.4) is 0 Å². The summed E-state index contributed by atoms with van der Waals surface area (Å²) < 4.78 is 5.57. The maximum atomic E-state index is 11.6. The highest BCUT2D eigenvalue weighted by Crippen LogP contribution is 2.23. The molecule has 0 unspecified atom stereocenters. The Balaban J connectivity index is 2.08. The minimum atomic E-state index is -0.230. The summed E-state index contributed by atoms with van der Waals surface area (Å²) >= 11 is 5.99. The molecule has 6 heteroatoms. The fraction of sp³-hybridized carbons (Fsp3) is 0.231. The van der Waals surface area contributed by atoms with Crippen LogP contribution in [0.5, 0.6) is 5.75 Å². The van der Waals surface area contributed by atoms with Gasteiger partial charge in [0.1, 0.15) is 18.1 Å². The molecule has 1 aliphatic heterocycles. The molecule has 0 saturated heterocycles. The molecule has 0 fully saturated rings. The molecule has 0 radical (unpaired) electrons. The molecule has 1 heterocycles. The second kappa shape index (κ2) is 5.75. The normalized spacial score (nSPS) is 16.3. The van der Waals surface area contributed by atoms with Gasteiger partial charge < -0.3 is 9.64 Å². The van der Waals surface area contributed by atoms with Gasteiger partial charge >= 0.3 is 0 Å². The van der Waals surface area contributed by atoms with Crippen LogP contribution in [0.4, 0.5) is 0 Å². The molecule has 0 aliphatic carbocycles. The van der Waals surface area contributed by atoms with Crippen LogP contribution in [-0.2, 0) is 4.79 Å². The minimum Gasteiger partial charge on any atom is -0.486 e. The highest BCUT2D eigenvalue weighted by atomic mass is 35.5. The Bertz CT molecular complexity index is 553. The molecule has 19 heavy (non-hydrogen) atoms. The summed E-state index contributed by atoms with van der Waals surface area (Å²) in [4.78, 5) is 13.4. The topological polar surface area (TPSA) is 53.9 Å².